The molecule has 1 aromatic carbocycles. The van der Waals surface area contributed by atoms with Crippen LogP contribution >= 0.6 is 11.3 Å². The first-order valence-electron chi connectivity index (χ1n) is 6.57. The van der Waals surface area contributed by atoms with Crippen LogP contribution in [0.1, 0.15) is 36.7 Å². The molecule has 0 atom stereocenters. The first kappa shape index (κ1) is 15.5. The molecule has 0 fully saturated rings. The van der Waals surface area contributed by atoms with Crippen LogP contribution in [0.4, 0.5) is 9.39 Å². The van der Waals surface area contributed by atoms with Crippen molar-refractivity contribution in [3.05, 3.63) is 41.2 Å². The van der Waals surface area contributed by atoms with Crippen molar-refractivity contribution in [3.63, 3.8) is 0 Å². The Morgan fingerprint density at radius 2 is 2.00 bits per heavy atom. The Kier molecular flexibility index (Phi) is 4.05. The average molecular weight is 307 g/mol. The smallest absolute Gasteiger partial charge is 0.341 e. The maximum Gasteiger partial charge on any atom is 0.341 e. The Morgan fingerprint density at radius 1 is 1.33 bits per heavy atom. The third-order valence-electron chi connectivity index (χ3n) is 2.86. The molecule has 0 bridgehead atoms. The highest BCUT2D eigenvalue weighted by molar-refractivity contribution is 7.19. The van der Waals surface area contributed by atoms with Gasteiger partial charge in [-0.15, -0.1) is 11.3 Å². The Balaban J connectivity index is 2.45. The second-order valence-corrected chi connectivity index (χ2v) is 6.86. The predicted octanol–water partition coefficient (Wildman–Crippen LogP) is 4.40. The standard InChI is InChI=1S/C16H18FNO2S/c1-9-12(15(19)20-16(2,3)4)14(18)21-13(9)10-6-5-7-11(17)8-10/h5-8H,18H2,1-4H3. The zero-order valence-corrected chi connectivity index (χ0v) is 13.3. The molecule has 2 rings (SSSR count). The summed E-state index contributed by atoms with van der Waals surface area (Å²) in [5.74, 6) is -0.769. The van der Waals surface area contributed by atoms with Gasteiger partial charge in [0, 0.05) is 4.88 Å². The molecule has 2 aromatic rings. The number of carbonyl (C=O) groups is 1. The van der Waals surface area contributed by atoms with E-state index in [2.05, 4.69) is 0 Å². The molecule has 5 heteroatoms. The molecule has 3 nitrogen and oxygen atoms in total. The van der Waals surface area contributed by atoms with E-state index in [9.17, 15) is 9.18 Å². The van der Waals surface area contributed by atoms with Gasteiger partial charge in [-0.3, -0.25) is 0 Å². The summed E-state index contributed by atoms with van der Waals surface area (Å²) in [7, 11) is 0. The molecule has 0 aliphatic carbocycles. The van der Waals surface area contributed by atoms with Crippen molar-refractivity contribution < 1.29 is 13.9 Å². The topological polar surface area (TPSA) is 52.3 Å². The normalized spacial score (nSPS) is 11.5. The molecule has 21 heavy (non-hydrogen) atoms. The summed E-state index contributed by atoms with van der Waals surface area (Å²) in [4.78, 5) is 13.0. The number of hydrogen-bond donors (Lipinski definition) is 1. The van der Waals surface area contributed by atoms with E-state index in [0.29, 0.717) is 16.1 Å². The van der Waals surface area contributed by atoms with Crippen LogP contribution in [0.15, 0.2) is 24.3 Å². The van der Waals surface area contributed by atoms with Crippen LogP contribution in [0.25, 0.3) is 10.4 Å². The van der Waals surface area contributed by atoms with Gasteiger partial charge in [0.15, 0.2) is 0 Å². The number of halogens is 1. The minimum atomic E-state index is -0.586. The SMILES string of the molecule is Cc1c(-c2cccc(F)c2)sc(N)c1C(=O)OC(C)(C)C. The third-order valence-corrected chi connectivity index (χ3v) is 4.03. The summed E-state index contributed by atoms with van der Waals surface area (Å²) in [5, 5.41) is 0.390. The van der Waals surface area contributed by atoms with Crippen LogP contribution in [0.3, 0.4) is 0 Å². The van der Waals surface area contributed by atoms with Crippen molar-refractivity contribution in [3.8, 4) is 10.4 Å². The number of hydrogen-bond acceptors (Lipinski definition) is 4. The molecule has 0 radical (unpaired) electrons. The lowest BCUT2D eigenvalue weighted by atomic mass is 10.1. The van der Waals surface area contributed by atoms with E-state index in [0.717, 1.165) is 10.4 Å². The summed E-state index contributed by atoms with van der Waals surface area (Å²) in [5.41, 5.74) is 7.17. The van der Waals surface area contributed by atoms with E-state index < -0.39 is 11.6 Å². The van der Waals surface area contributed by atoms with Gasteiger partial charge in [-0.1, -0.05) is 12.1 Å². The fraction of sp³-hybridized carbons (Fsp3) is 0.312. The molecule has 112 valence electrons. The van der Waals surface area contributed by atoms with Gasteiger partial charge in [-0.25, -0.2) is 9.18 Å². The lowest BCUT2D eigenvalue weighted by Gasteiger charge is -2.19. The van der Waals surface area contributed by atoms with E-state index in [1.807, 2.05) is 0 Å². The maximum atomic E-state index is 13.4. The van der Waals surface area contributed by atoms with E-state index >= 15 is 0 Å². The molecular weight excluding hydrogens is 289 g/mol. The Morgan fingerprint density at radius 3 is 2.57 bits per heavy atom. The summed E-state index contributed by atoms with van der Waals surface area (Å²) >= 11 is 1.27. The van der Waals surface area contributed by atoms with Crippen LogP contribution in [0, 0.1) is 12.7 Å². The number of ether oxygens (including phenoxy) is 1. The zero-order valence-electron chi connectivity index (χ0n) is 12.5. The summed E-state index contributed by atoms with van der Waals surface area (Å²) in [6.45, 7) is 7.20. The molecule has 0 spiro atoms. The fourth-order valence-corrected chi connectivity index (χ4v) is 3.08. The van der Waals surface area contributed by atoms with Gasteiger partial charge in [-0.05, 0) is 51.0 Å². The second kappa shape index (κ2) is 5.48. The Labute approximate surface area is 127 Å². The number of benzene rings is 1. The van der Waals surface area contributed by atoms with Crippen molar-refractivity contribution in [1.82, 2.24) is 0 Å². The number of carbonyl (C=O) groups excluding carboxylic acids is 1. The van der Waals surface area contributed by atoms with Gasteiger partial charge in [0.1, 0.15) is 16.4 Å². The summed E-state index contributed by atoms with van der Waals surface area (Å²) in [6.07, 6.45) is 0. The number of rotatable bonds is 2. The lowest BCUT2D eigenvalue weighted by molar-refractivity contribution is 0.00706. The van der Waals surface area contributed by atoms with Gasteiger partial charge < -0.3 is 10.5 Å². The highest BCUT2D eigenvalue weighted by atomic mass is 32.1. The molecular formula is C16H18FNO2S. The molecule has 0 unspecified atom stereocenters. The van der Waals surface area contributed by atoms with E-state index in [1.54, 1.807) is 39.8 Å². The van der Waals surface area contributed by atoms with Crippen molar-refractivity contribution in [1.29, 1.82) is 0 Å². The Hall–Kier alpha value is -1.88. The first-order chi connectivity index (χ1) is 9.69. The van der Waals surface area contributed by atoms with Crippen molar-refractivity contribution >= 4 is 22.3 Å². The molecule has 0 saturated carbocycles. The zero-order chi connectivity index (χ0) is 15.8. The quantitative estimate of drug-likeness (QED) is 0.837. The minimum absolute atomic E-state index is 0.322. The van der Waals surface area contributed by atoms with Crippen LogP contribution < -0.4 is 5.73 Å². The third kappa shape index (κ3) is 3.42. The highest BCUT2D eigenvalue weighted by Crippen LogP contribution is 2.39. The van der Waals surface area contributed by atoms with E-state index in [-0.39, 0.29) is 5.82 Å². The van der Waals surface area contributed by atoms with Gasteiger partial charge in [0.05, 0.1) is 5.56 Å². The molecule has 1 aromatic heterocycles. The molecule has 0 aliphatic rings. The van der Waals surface area contributed by atoms with Crippen LogP contribution in [-0.2, 0) is 4.74 Å². The molecule has 0 amide bonds. The molecule has 0 aliphatic heterocycles. The largest absolute Gasteiger partial charge is 0.456 e. The van der Waals surface area contributed by atoms with Crippen molar-refractivity contribution in [2.24, 2.45) is 0 Å². The number of esters is 1. The van der Waals surface area contributed by atoms with E-state index in [1.165, 1.54) is 23.5 Å². The van der Waals surface area contributed by atoms with Crippen molar-refractivity contribution in [2.75, 3.05) is 5.73 Å². The van der Waals surface area contributed by atoms with Gasteiger partial charge in [0.2, 0.25) is 0 Å². The Bertz CT molecular complexity index is 686. The van der Waals surface area contributed by atoms with E-state index in [4.69, 9.17) is 10.5 Å². The lowest BCUT2D eigenvalue weighted by Crippen LogP contribution is -2.24. The predicted molar refractivity (Wildman–Crippen MR) is 84.0 cm³/mol. The van der Waals surface area contributed by atoms with Gasteiger partial charge >= 0.3 is 5.97 Å². The number of nitrogen functional groups attached to an aromatic ring is 1. The molecule has 2 N–H and O–H groups in total. The minimum Gasteiger partial charge on any atom is -0.456 e. The first-order valence-corrected chi connectivity index (χ1v) is 7.39. The maximum absolute atomic E-state index is 13.4. The second-order valence-electron chi connectivity index (χ2n) is 5.81. The molecule has 1 heterocycles. The molecule has 0 saturated heterocycles. The summed E-state index contributed by atoms with van der Waals surface area (Å²) < 4.78 is 18.7. The number of nitrogens with two attached hydrogens (primary N) is 1. The van der Waals surface area contributed by atoms with Crippen LogP contribution in [0.5, 0.6) is 0 Å². The number of anilines is 1. The monoisotopic (exact) mass is 307 g/mol. The highest BCUT2D eigenvalue weighted by Gasteiger charge is 2.25. The number of thiophene rings is 1. The fourth-order valence-electron chi connectivity index (χ4n) is 2.02. The van der Waals surface area contributed by atoms with Crippen molar-refractivity contribution in [2.45, 2.75) is 33.3 Å². The average Bonchev–Trinajstić information content (AvgIpc) is 2.62. The van der Waals surface area contributed by atoms with Crippen LogP contribution in [-0.4, -0.2) is 11.6 Å². The van der Waals surface area contributed by atoms with Gasteiger partial charge in [-0.2, -0.15) is 0 Å². The summed E-state index contributed by atoms with van der Waals surface area (Å²) in [6, 6.07) is 6.23. The van der Waals surface area contributed by atoms with Crippen LogP contribution in [0.2, 0.25) is 0 Å². The van der Waals surface area contributed by atoms with Gasteiger partial charge in [0.25, 0.3) is 0 Å².